The fourth-order valence-corrected chi connectivity index (χ4v) is 4.73. The lowest BCUT2D eigenvalue weighted by Crippen LogP contribution is -2.40. The maximum Gasteiger partial charge on any atom is 0.514 e. The molecule has 0 bridgehead atoms. The van der Waals surface area contributed by atoms with Gasteiger partial charge in [-0.2, -0.15) is 0 Å². The third-order valence-electron chi connectivity index (χ3n) is 8.23. The number of rotatable bonds is 8. The van der Waals surface area contributed by atoms with E-state index in [9.17, 15) is 19.7 Å². The fourth-order valence-electron chi connectivity index (χ4n) is 4.73. The summed E-state index contributed by atoms with van der Waals surface area (Å²) in [7, 11) is 0. The van der Waals surface area contributed by atoms with Crippen LogP contribution in [0.25, 0.3) is 0 Å². The number of ether oxygens (including phenoxy) is 3. The van der Waals surface area contributed by atoms with E-state index in [1.54, 1.807) is 4.90 Å². The lowest BCUT2D eigenvalue weighted by molar-refractivity contribution is -0.384. The molecule has 236 valence electrons. The summed E-state index contributed by atoms with van der Waals surface area (Å²) in [6.07, 6.45) is 9.09. The summed E-state index contributed by atoms with van der Waals surface area (Å²) in [5.41, 5.74) is -0.614. The number of aliphatic hydroxyl groups is 2. The highest BCUT2D eigenvalue weighted by Gasteiger charge is 2.43. The van der Waals surface area contributed by atoms with Gasteiger partial charge in [0.15, 0.2) is 0 Å². The number of aliphatic hydroxyl groups excluding tert-OH is 2. The van der Waals surface area contributed by atoms with Crippen molar-refractivity contribution < 1.29 is 38.9 Å². The van der Waals surface area contributed by atoms with Gasteiger partial charge >= 0.3 is 12.2 Å². The normalized spacial score (nSPS) is 20.5. The minimum atomic E-state index is -0.779. The van der Waals surface area contributed by atoms with E-state index in [4.69, 9.17) is 24.4 Å². The Bertz CT molecular complexity index is 995. The first-order valence-corrected chi connectivity index (χ1v) is 15.1. The molecular formula is C30H47N3O9. The van der Waals surface area contributed by atoms with E-state index in [1.165, 1.54) is 37.1 Å². The number of nitrogens with zero attached hydrogens (tertiary/aromatic N) is 2. The van der Waals surface area contributed by atoms with Gasteiger partial charge in [0.1, 0.15) is 17.0 Å². The molecule has 0 spiro atoms. The number of hydrogen-bond donors (Lipinski definition) is 3. The fraction of sp³-hybridized carbons (Fsp3) is 0.733. The molecule has 2 heterocycles. The molecule has 5 rings (SSSR count). The summed E-state index contributed by atoms with van der Waals surface area (Å²) in [5, 5.41) is 31.1. The molecule has 4 fully saturated rings. The quantitative estimate of drug-likeness (QED) is 0.165. The van der Waals surface area contributed by atoms with Gasteiger partial charge in [0, 0.05) is 38.4 Å². The van der Waals surface area contributed by atoms with Gasteiger partial charge in [-0.15, -0.1) is 0 Å². The Balaban J connectivity index is 0.000000181. The van der Waals surface area contributed by atoms with Crippen LogP contribution >= 0.6 is 0 Å². The summed E-state index contributed by atoms with van der Waals surface area (Å²) in [5.74, 6) is 1.59. The van der Waals surface area contributed by atoms with Crippen molar-refractivity contribution in [3.8, 4) is 5.75 Å². The average Bonchev–Trinajstić information content (AvgIpc) is 3.89. The van der Waals surface area contributed by atoms with Gasteiger partial charge < -0.3 is 34.6 Å². The Hall–Kier alpha value is -2.96. The van der Waals surface area contributed by atoms with Gasteiger partial charge in [0.05, 0.1) is 4.92 Å². The number of nitro benzene ring substituents is 1. The van der Waals surface area contributed by atoms with Crippen LogP contribution < -0.4 is 10.1 Å². The van der Waals surface area contributed by atoms with Crippen molar-refractivity contribution in [3.05, 3.63) is 34.4 Å². The van der Waals surface area contributed by atoms with Crippen LogP contribution in [-0.2, 0) is 9.47 Å². The molecule has 2 aliphatic heterocycles. The molecule has 2 saturated carbocycles. The molecule has 3 N–H and O–H groups in total. The number of carbonyl (C=O) groups excluding carboxylic acids is 2. The standard InChI is InChI=1S/C12H21NO3.C11H11NO5.C7H15NO/c1-12(5-6-12)16-11(15)13-7-2-10(3-8-13)4-9-14;1-11(6-7-11)17-10(13)16-9-4-2-8(3-5-9)12(14)15;9-6-3-7-1-4-8-5-2-7/h10,14H,2-9H2,1H3;2-5H,6-7H2,1H3;7-9H,1-6H2. The topological polar surface area (TPSA) is 161 Å². The molecule has 12 heteroatoms. The molecule has 1 aromatic rings. The number of nitrogens with one attached hydrogen (secondary N) is 1. The number of piperidine rings is 2. The number of carbonyl (C=O) groups is 2. The second kappa shape index (κ2) is 16.0. The second-order valence-electron chi connectivity index (χ2n) is 12.1. The monoisotopic (exact) mass is 593 g/mol. The largest absolute Gasteiger partial charge is 0.514 e. The lowest BCUT2D eigenvalue weighted by Gasteiger charge is -2.31. The molecule has 0 atom stereocenters. The van der Waals surface area contributed by atoms with Crippen LogP contribution in [0.4, 0.5) is 15.3 Å². The minimum absolute atomic E-state index is 0.0557. The van der Waals surface area contributed by atoms with E-state index in [2.05, 4.69) is 5.32 Å². The zero-order chi connectivity index (χ0) is 30.6. The molecule has 1 amide bonds. The van der Waals surface area contributed by atoms with Gasteiger partial charge in [-0.25, -0.2) is 9.59 Å². The highest BCUT2D eigenvalue weighted by Crippen LogP contribution is 2.40. The third kappa shape index (κ3) is 12.1. The first kappa shape index (κ1) is 33.5. The molecule has 42 heavy (non-hydrogen) atoms. The molecule has 2 saturated heterocycles. The van der Waals surface area contributed by atoms with Crippen molar-refractivity contribution in [2.24, 2.45) is 11.8 Å². The minimum Gasteiger partial charge on any atom is -0.443 e. The van der Waals surface area contributed by atoms with Crippen molar-refractivity contribution in [2.75, 3.05) is 39.4 Å². The van der Waals surface area contributed by atoms with E-state index in [0.717, 1.165) is 83.5 Å². The number of hydrogen-bond acceptors (Lipinski definition) is 10. The van der Waals surface area contributed by atoms with Crippen molar-refractivity contribution >= 4 is 17.9 Å². The number of benzene rings is 1. The third-order valence-corrected chi connectivity index (χ3v) is 8.23. The second-order valence-corrected chi connectivity index (χ2v) is 12.1. The zero-order valence-corrected chi connectivity index (χ0v) is 24.9. The average molecular weight is 594 g/mol. The van der Waals surface area contributed by atoms with Crippen molar-refractivity contribution in [1.82, 2.24) is 10.2 Å². The Labute approximate surface area is 247 Å². The Morgan fingerprint density at radius 1 is 0.905 bits per heavy atom. The van der Waals surface area contributed by atoms with E-state index in [-0.39, 0.29) is 29.7 Å². The molecule has 2 aliphatic carbocycles. The molecule has 0 unspecified atom stereocenters. The molecule has 0 aromatic heterocycles. The van der Waals surface area contributed by atoms with Crippen molar-refractivity contribution in [3.63, 3.8) is 0 Å². The van der Waals surface area contributed by atoms with Crippen LogP contribution in [0.15, 0.2) is 24.3 Å². The van der Waals surface area contributed by atoms with Gasteiger partial charge in [0.2, 0.25) is 0 Å². The maximum atomic E-state index is 11.8. The first-order chi connectivity index (χ1) is 20.0. The van der Waals surface area contributed by atoms with Gasteiger partial charge in [0.25, 0.3) is 5.69 Å². The van der Waals surface area contributed by atoms with E-state index in [0.29, 0.717) is 12.5 Å². The van der Waals surface area contributed by atoms with E-state index < -0.39 is 16.7 Å². The summed E-state index contributed by atoms with van der Waals surface area (Å²) < 4.78 is 15.3. The molecule has 4 aliphatic rings. The highest BCUT2D eigenvalue weighted by atomic mass is 16.7. The predicted octanol–water partition coefficient (Wildman–Crippen LogP) is 4.80. The van der Waals surface area contributed by atoms with Crippen LogP contribution in [0, 0.1) is 22.0 Å². The predicted molar refractivity (Wildman–Crippen MR) is 155 cm³/mol. The smallest absolute Gasteiger partial charge is 0.443 e. The Morgan fingerprint density at radius 2 is 1.40 bits per heavy atom. The van der Waals surface area contributed by atoms with E-state index >= 15 is 0 Å². The zero-order valence-electron chi connectivity index (χ0n) is 24.9. The van der Waals surface area contributed by atoms with E-state index in [1.807, 2.05) is 13.8 Å². The molecule has 12 nitrogen and oxygen atoms in total. The number of non-ortho nitro benzene ring substituents is 1. The SMILES string of the molecule is CC1(OC(=O)N2CCC(CCO)CC2)CC1.CC1(OC(=O)Oc2ccc([N+](=O)[O-])cc2)CC1.OCCC1CCNCC1. The Kier molecular flexibility index (Phi) is 12.8. The summed E-state index contributed by atoms with van der Waals surface area (Å²) >= 11 is 0. The first-order valence-electron chi connectivity index (χ1n) is 15.1. The number of nitro groups is 1. The van der Waals surface area contributed by atoms with Crippen molar-refractivity contribution in [1.29, 1.82) is 0 Å². The number of amides is 1. The summed E-state index contributed by atoms with van der Waals surface area (Å²) in [4.78, 5) is 34.8. The van der Waals surface area contributed by atoms with Gasteiger partial charge in [-0.1, -0.05) is 0 Å². The Morgan fingerprint density at radius 3 is 1.88 bits per heavy atom. The van der Waals surface area contributed by atoms with Crippen LogP contribution in [0.2, 0.25) is 0 Å². The van der Waals surface area contributed by atoms with Crippen LogP contribution in [0.3, 0.4) is 0 Å². The highest BCUT2D eigenvalue weighted by molar-refractivity contribution is 5.68. The lowest BCUT2D eigenvalue weighted by atomic mass is 9.94. The maximum absolute atomic E-state index is 11.8. The molecule has 1 aromatic carbocycles. The number of likely N-dealkylation sites (tertiary alicyclic amines) is 1. The van der Waals surface area contributed by atoms with Crippen LogP contribution in [-0.4, -0.2) is 82.9 Å². The summed E-state index contributed by atoms with van der Waals surface area (Å²) in [6.45, 7) is 8.28. The van der Waals surface area contributed by atoms with Gasteiger partial charge in [-0.05, 0) is 115 Å². The van der Waals surface area contributed by atoms with Gasteiger partial charge in [-0.3, -0.25) is 10.1 Å². The van der Waals surface area contributed by atoms with Crippen LogP contribution in [0.5, 0.6) is 5.75 Å². The van der Waals surface area contributed by atoms with Crippen molar-refractivity contribution in [2.45, 2.75) is 89.3 Å². The molecular weight excluding hydrogens is 546 g/mol. The summed E-state index contributed by atoms with van der Waals surface area (Å²) in [6, 6.07) is 5.24. The van der Waals surface area contributed by atoms with Crippen LogP contribution in [0.1, 0.15) is 78.1 Å². The molecule has 0 radical (unpaired) electrons.